The largest absolute Gasteiger partial charge is 0.493 e. The lowest BCUT2D eigenvalue weighted by Crippen LogP contribution is -2.35. The number of amides is 1. The number of fused-ring (bicyclic) bond motifs is 3. The highest BCUT2D eigenvalue weighted by molar-refractivity contribution is 5.99. The molecule has 0 saturated carbocycles. The number of hydrogen-bond acceptors (Lipinski definition) is 7. The van der Waals surface area contributed by atoms with Gasteiger partial charge in [-0.2, -0.15) is 0 Å². The van der Waals surface area contributed by atoms with Crippen LogP contribution in [0.25, 0.3) is 0 Å². The van der Waals surface area contributed by atoms with Crippen LogP contribution in [0.2, 0.25) is 0 Å². The zero-order chi connectivity index (χ0) is 25.8. The summed E-state index contributed by atoms with van der Waals surface area (Å²) >= 11 is 0. The van der Waals surface area contributed by atoms with Crippen molar-refractivity contribution in [3.63, 3.8) is 0 Å². The molecule has 0 unspecified atom stereocenters. The molecule has 2 aliphatic heterocycles. The van der Waals surface area contributed by atoms with E-state index in [4.69, 9.17) is 23.7 Å². The van der Waals surface area contributed by atoms with Crippen LogP contribution in [-0.4, -0.2) is 45.7 Å². The van der Waals surface area contributed by atoms with Crippen LogP contribution in [0.1, 0.15) is 28.7 Å². The van der Waals surface area contributed by atoms with Gasteiger partial charge >= 0.3 is 0 Å². The second kappa shape index (κ2) is 8.85. The monoisotopic (exact) mass is 507 g/mol. The number of nitrogens with zero attached hydrogens (tertiary/aromatic N) is 1. The predicted molar refractivity (Wildman–Crippen MR) is 131 cm³/mol. The summed E-state index contributed by atoms with van der Waals surface area (Å²) in [5, 5.41) is 11.5. The van der Waals surface area contributed by atoms with Crippen molar-refractivity contribution in [1.82, 2.24) is 0 Å². The zero-order valence-electron chi connectivity index (χ0n) is 20.6. The van der Waals surface area contributed by atoms with Crippen molar-refractivity contribution in [2.75, 3.05) is 39.6 Å². The van der Waals surface area contributed by atoms with E-state index in [1.165, 1.54) is 32.3 Å². The van der Waals surface area contributed by atoms with Gasteiger partial charge in [-0.25, -0.2) is 4.39 Å². The van der Waals surface area contributed by atoms with Crippen LogP contribution < -0.4 is 28.6 Å². The molecule has 1 fully saturated rings. The second-order valence-corrected chi connectivity index (χ2v) is 9.31. The number of methoxy groups -OCH3 is 3. The molecule has 9 heteroatoms. The van der Waals surface area contributed by atoms with Crippen molar-refractivity contribution >= 4 is 11.6 Å². The molecule has 1 aliphatic carbocycles. The van der Waals surface area contributed by atoms with Gasteiger partial charge in [-0.05, 0) is 53.1 Å². The summed E-state index contributed by atoms with van der Waals surface area (Å²) in [5.41, 5.74) is 2.31. The standard InChI is InChI=1S/C28H26FNO7/c1-33-22-8-14(9-23(34-2)27(22)35-3)24-15-10-20-21(37-13-36-20)11-16(15)26(31)17-12-30(28(32)25(17)24)19-7-5-4-6-18(19)29/h4-11,17,24-26,31H,12-13H2,1-3H3/t17-,24-,25+,26-/m1/s1. The minimum absolute atomic E-state index is 0.0794. The Morgan fingerprint density at radius 2 is 1.59 bits per heavy atom. The molecule has 0 aromatic heterocycles. The lowest BCUT2D eigenvalue weighted by atomic mass is 9.66. The van der Waals surface area contributed by atoms with Crippen LogP contribution in [0, 0.1) is 17.7 Å². The third-order valence-electron chi connectivity index (χ3n) is 7.59. The second-order valence-electron chi connectivity index (χ2n) is 9.31. The number of aliphatic hydroxyl groups is 1. The molecule has 3 aromatic carbocycles. The Morgan fingerprint density at radius 1 is 0.946 bits per heavy atom. The Hall–Kier alpha value is -3.98. The number of ether oxygens (including phenoxy) is 5. The molecular weight excluding hydrogens is 481 g/mol. The Balaban J connectivity index is 1.56. The summed E-state index contributed by atoms with van der Waals surface area (Å²) in [7, 11) is 4.58. The maximum absolute atomic E-state index is 14.8. The fourth-order valence-corrected chi connectivity index (χ4v) is 5.94. The van der Waals surface area contributed by atoms with Crippen LogP contribution in [0.5, 0.6) is 28.7 Å². The Kier molecular flexibility index (Phi) is 5.60. The molecule has 37 heavy (non-hydrogen) atoms. The van der Waals surface area contributed by atoms with E-state index >= 15 is 0 Å². The van der Waals surface area contributed by atoms with E-state index in [1.54, 1.807) is 24.3 Å². The van der Waals surface area contributed by atoms with Crippen LogP contribution in [-0.2, 0) is 4.79 Å². The van der Waals surface area contributed by atoms with Gasteiger partial charge in [-0.3, -0.25) is 4.79 Å². The molecule has 192 valence electrons. The van der Waals surface area contributed by atoms with Gasteiger partial charge in [0.2, 0.25) is 18.4 Å². The smallest absolute Gasteiger partial charge is 0.231 e. The molecule has 0 radical (unpaired) electrons. The number of carbonyl (C=O) groups is 1. The quantitative estimate of drug-likeness (QED) is 0.558. The summed E-state index contributed by atoms with van der Waals surface area (Å²) in [4.78, 5) is 15.4. The lowest BCUT2D eigenvalue weighted by molar-refractivity contribution is -0.122. The first-order valence-electron chi connectivity index (χ1n) is 11.9. The van der Waals surface area contributed by atoms with Gasteiger partial charge in [0.15, 0.2) is 23.0 Å². The molecule has 3 aromatic rings. The van der Waals surface area contributed by atoms with Crippen LogP contribution in [0.15, 0.2) is 48.5 Å². The molecule has 1 amide bonds. The lowest BCUT2D eigenvalue weighted by Gasteiger charge is -2.37. The molecule has 0 spiro atoms. The molecule has 1 saturated heterocycles. The number of hydrogen-bond donors (Lipinski definition) is 1. The summed E-state index contributed by atoms with van der Waals surface area (Å²) in [6, 6.07) is 13.4. The average molecular weight is 508 g/mol. The third kappa shape index (κ3) is 3.48. The fraction of sp³-hybridized carbons (Fsp3) is 0.321. The zero-order valence-corrected chi connectivity index (χ0v) is 20.6. The van der Waals surface area contributed by atoms with Crippen molar-refractivity contribution in [2.45, 2.75) is 12.0 Å². The van der Waals surface area contributed by atoms with Crippen molar-refractivity contribution < 1.29 is 38.0 Å². The van der Waals surface area contributed by atoms with E-state index in [2.05, 4.69) is 0 Å². The van der Waals surface area contributed by atoms with E-state index in [1.807, 2.05) is 18.2 Å². The molecule has 6 rings (SSSR count). The minimum atomic E-state index is -0.964. The first-order chi connectivity index (χ1) is 18.0. The molecular formula is C28H26FNO7. The number of benzene rings is 3. The van der Waals surface area contributed by atoms with Crippen molar-refractivity contribution in [3.05, 3.63) is 71.0 Å². The van der Waals surface area contributed by atoms with E-state index in [0.717, 1.165) is 11.1 Å². The number of anilines is 1. The maximum atomic E-state index is 14.8. The van der Waals surface area contributed by atoms with Gasteiger partial charge in [-0.1, -0.05) is 12.1 Å². The van der Waals surface area contributed by atoms with Crippen molar-refractivity contribution in [2.24, 2.45) is 11.8 Å². The average Bonchev–Trinajstić information content (AvgIpc) is 3.51. The Labute approximate surface area is 213 Å². The number of rotatable bonds is 5. The first kappa shape index (κ1) is 23.4. The fourth-order valence-electron chi connectivity index (χ4n) is 5.94. The minimum Gasteiger partial charge on any atom is -0.493 e. The maximum Gasteiger partial charge on any atom is 0.231 e. The third-order valence-corrected chi connectivity index (χ3v) is 7.59. The Morgan fingerprint density at radius 3 is 2.22 bits per heavy atom. The van der Waals surface area contributed by atoms with Gasteiger partial charge in [-0.15, -0.1) is 0 Å². The normalized spacial score (nSPS) is 23.5. The van der Waals surface area contributed by atoms with Gasteiger partial charge in [0.25, 0.3) is 0 Å². The molecule has 2 heterocycles. The van der Waals surface area contributed by atoms with Crippen LogP contribution in [0.4, 0.5) is 10.1 Å². The topological polar surface area (TPSA) is 86.7 Å². The van der Waals surface area contributed by atoms with Gasteiger partial charge < -0.3 is 33.7 Å². The number of para-hydroxylation sites is 1. The summed E-state index contributed by atoms with van der Waals surface area (Å²) < 4.78 is 42.7. The highest BCUT2D eigenvalue weighted by Gasteiger charge is 2.54. The number of carbonyl (C=O) groups excluding carboxylic acids is 1. The van der Waals surface area contributed by atoms with E-state index in [9.17, 15) is 14.3 Å². The van der Waals surface area contributed by atoms with E-state index in [-0.39, 0.29) is 24.9 Å². The first-order valence-corrected chi connectivity index (χ1v) is 11.9. The highest BCUT2D eigenvalue weighted by atomic mass is 19.1. The molecule has 1 N–H and O–H groups in total. The summed E-state index contributed by atoms with van der Waals surface area (Å²) in [5.74, 6) is -0.0456. The van der Waals surface area contributed by atoms with E-state index in [0.29, 0.717) is 34.3 Å². The Bertz CT molecular complexity index is 1370. The summed E-state index contributed by atoms with van der Waals surface area (Å²) in [6.07, 6.45) is -0.964. The van der Waals surface area contributed by atoms with Crippen molar-refractivity contribution in [1.29, 1.82) is 0 Å². The van der Waals surface area contributed by atoms with Gasteiger partial charge in [0.1, 0.15) is 5.82 Å². The highest BCUT2D eigenvalue weighted by Crippen LogP contribution is 2.56. The molecule has 0 bridgehead atoms. The number of halogens is 1. The van der Waals surface area contributed by atoms with E-state index < -0.39 is 29.7 Å². The SMILES string of the molecule is COc1cc([C@@H]2c3cc4c(cc3[C@@H](O)[C@@H]3CN(c5ccccc5F)C(=O)[C@H]23)OCO4)cc(OC)c1OC. The molecule has 3 aliphatic rings. The molecule has 8 nitrogen and oxygen atoms in total. The van der Waals surface area contributed by atoms with Gasteiger partial charge in [0.05, 0.1) is 39.0 Å². The van der Waals surface area contributed by atoms with Crippen LogP contribution >= 0.6 is 0 Å². The predicted octanol–water partition coefficient (Wildman–Crippen LogP) is 4.04. The van der Waals surface area contributed by atoms with Crippen molar-refractivity contribution in [3.8, 4) is 28.7 Å². The van der Waals surface area contributed by atoms with Crippen LogP contribution in [0.3, 0.4) is 0 Å². The van der Waals surface area contributed by atoms with Gasteiger partial charge in [0, 0.05) is 18.4 Å². The number of aliphatic hydroxyl groups excluding tert-OH is 1. The molecule has 4 atom stereocenters. The summed E-state index contributed by atoms with van der Waals surface area (Å²) in [6.45, 7) is 0.246.